The predicted octanol–water partition coefficient (Wildman–Crippen LogP) is 5.90. The van der Waals surface area contributed by atoms with Gasteiger partial charge in [-0.3, -0.25) is 5.32 Å². The second kappa shape index (κ2) is 9.95. The minimum atomic E-state index is -0.740. The molecule has 0 fully saturated rings. The number of rotatable bonds is 6. The van der Waals surface area contributed by atoms with Gasteiger partial charge in [-0.2, -0.15) is 0 Å². The van der Waals surface area contributed by atoms with Crippen LogP contribution in [0, 0.1) is 0 Å². The van der Waals surface area contributed by atoms with Crippen LogP contribution in [0.2, 0.25) is 0 Å². The van der Waals surface area contributed by atoms with Crippen molar-refractivity contribution in [3.63, 3.8) is 0 Å². The fraction of sp³-hybridized carbons (Fsp3) is 0.231. The topological polar surface area (TPSA) is 135 Å². The van der Waals surface area contributed by atoms with E-state index in [4.69, 9.17) is 13.9 Å². The number of fused-ring (bicyclic) bond motifs is 1. The summed E-state index contributed by atoms with van der Waals surface area (Å²) in [5.41, 5.74) is 1.74. The Morgan fingerprint density at radius 2 is 1.86 bits per heavy atom. The lowest BCUT2D eigenvalue weighted by Crippen LogP contribution is -2.27. The number of pyridine rings is 1. The lowest BCUT2D eigenvalue weighted by Gasteiger charge is -2.19. The molecule has 0 saturated heterocycles. The van der Waals surface area contributed by atoms with Gasteiger partial charge in [0, 0.05) is 34.9 Å². The highest BCUT2D eigenvalue weighted by Gasteiger charge is 2.27. The molecule has 186 valence electrons. The average Bonchev–Trinajstić information content (AvgIpc) is 3.35. The molecule has 1 aromatic carbocycles. The van der Waals surface area contributed by atoms with Crippen molar-refractivity contribution in [2.24, 2.45) is 4.99 Å². The van der Waals surface area contributed by atoms with Gasteiger partial charge in [0.2, 0.25) is 5.88 Å². The van der Waals surface area contributed by atoms with E-state index in [0.29, 0.717) is 22.8 Å². The van der Waals surface area contributed by atoms with E-state index in [-0.39, 0.29) is 29.6 Å². The zero-order valence-corrected chi connectivity index (χ0v) is 20.3. The summed E-state index contributed by atoms with van der Waals surface area (Å²) in [4.78, 5) is 33.0. The zero-order valence-electron chi connectivity index (χ0n) is 20.3. The molecule has 1 aliphatic heterocycles. The highest BCUT2D eigenvalue weighted by molar-refractivity contribution is 6.21. The highest BCUT2D eigenvalue weighted by atomic mass is 16.6. The summed E-state index contributed by atoms with van der Waals surface area (Å²) in [5, 5.41) is 16.5. The smallest absolute Gasteiger partial charge is 0.412 e. The third-order valence-electron chi connectivity index (χ3n) is 4.89. The molecule has 0 bridgehead atoms. The number of nitrogens with one attached hydrogen (secondary N) is 2. The van der Waals surface area contributed by atoms with Crippen LogP contribution in [0.5, 0.6) is 5.75 Å². The van der Waals surface area contributed by atoms with Crippen LogP contribution >= 0.6 is 0 Å². The first-order valence-electron chi connectivity index (χ1n) is 11.3. The van der Waals surface area contributed by atoms with E-state index >= 15 is 0 Å². The van der Waals surface area contributed by atoms with Crippen molar-refractivity contribution < 1.29 is 28.6 Å². The maximum atomic E-state index is 12.6. The fourth-order valence-corrected chi connectivity index (χ4v) is 3.39. The van der Waals surface area contributed by atoms with Gasteiger partial charge in [0.25, 0.3) is 0 Å². The summed E-state index contributed by atoms with van der Waals surface area (Å²) in [5.74, 6) is -0.485. The van der Waals surface area contributed by atoms with Gasteiger partial charge < -0.3 is 24.3 Å². The molecular weight excluding hydrogens is 464 g/mol. The standard InChI is InChI=1S/C26H26N4O6/c1-5-34-24(32)20-21(31)19(13-15-14-28-22-18(15)7-6-12-27-22)35-23(20)29-16-8-10-17(11-9-16)30-25(33)36-26(2,3)4/h6-14,29,31H,5H2,1-4H3,(H,30,33). The monoisotopic (exact) mass is 490 g/mol. The van der Waals surface area contributed by atoms with Crippen LogP contribution in [-0.4, -0.2) is 40.6 Å². The van der Waals surface area contributed by atoms with Gasteiger partial charge in [-0.05, 0) is 70.2 Å². The largest absolute Gasteiger partial charge is 0.504 e. The summed E-state index contributed by atoms with van der Waals surface area (Å²) in [6.07, 6.45) is 4.24. The summed E-state index contributed by atoms with van der Waals surface area (Å²) in [7, 11) is 0. The Kier molecular flexibility index (Phi) is 6.77. The number of esters is 1. The van der Waals surface area contributed by atoms with E-state index in [0.717, 1.165) is 5.56 Å². The lowest BCUT2D eigenvalue weighted by molar-refractivity contribution is 0.0523. The van der Waals surface area contributed by atoms with Crippen LogP contribution in [0.15, 0.2) is 52.0 Å². The van der Waals surface area contributed by atoms with E-state index in [1.54, 1.807) is 76.5 Å². The van der Waals surface area contributed by atoms with Crippen molar-refractivity contribution >= 4 is 53.0 Å². The number of aromatic hydroxyl groups is 1. The Labute approximate surface area is 207 Å². The summed E-state index contributed by atoms with van der Waals surface area (Å²) in [6, 6.07) is 10.3. The quantitative estimate of drug-likeness (QED) is 0.363. The first-order valence-corrected chi connectivity index (χ1v) is 11.3. The molecule has 36 heavy (non-hydrogen) atoms. The van der Waals surface area contributed by atoms with Crippen molar-refractivity contribution in [3.05, 3.63) is 59.5 Å². The number of hydrogen-bond donors (Lipinski definition) is 3. The Morgan fingerprint density at radius 1 is 1.14 bits per heavy atom. The van der Waals surface area contributed by atoms with Gasteiger partial charge >= 0.3 is 12.1 Å². The first kappa shape index (κ1) is 24.5. The van der Waals surface area contributed by atoms with Gasteiger partial charge in [0.05, 0.1) is 6.61 Å². The minimum absolute atomic E-state index is 0.00648. The lowest BCUT2D eigenvalue weighted by atomic mass is 10.1. The molecule has 10 heteroatoms. The number of aliphatic imine (C=N–C) groups is 1. The minimum Gasteiger partial charge on any atom is -0.504 e. The maximum Gasteiger partial charge on any atom is 0.412 e. The third-order valence-corrected chi connectivity index (χ3v) is 4.89. The molecule has 10 nitrogen and oxygen atoms in total. The number of nitrogens with zero attached hydrogens (tertiary/aromatic N) is 2. The van der Waals surface area contributed by atoms with Gasteiger partial charge in [-0.25, -0.2) is 19.6 Å². The molecular formula is C26H26N4O6. The molecule has 0 radical (unpaired) electrons. The molecule has 3 aromatic rings. The number of carbonyl (C=O) groups excluding carboxylic acids is 2. The number of aromatic nitrogens is 1. The summed E-state index contributed by atoms with van der Waals surface area (Å²) >= 11 is 0. The number of allylic oxidation sites excluding steroid dienone is 1. The molecule has 0 saturated carbocycles. The average molecular weight is 491 g/mol. The van der Waals surface area contributed by atoms with Crippen LogP contribution in [0.1, 0.15) is 49.4 Å². The summed E-state index contributed by atoms with van der Waals surface area (Å²) < 4.78 is 16.2. The normalized spacial score (nSPS) is 13.4. The van der Waals surface area contributed by atoms with Crippen molar-refractivity contribution in [2.45, 2.75) is 33.3 Å². The Bertz CT molecular complexity index is 1350. The number of hydrogen-bond acceptors (Lipinski definition) is 9. The number of furan rings is 1. The van der Waals surface area contributed by atoms with Crippen LogP contribution in [-0.2, 0) is 9.47 Å². The zero-order chi connectivity index (χ0) is 25.9. The first-order chi connectivity index (χ1) is 17.1. The Morgan fingerprint density at radius 3 is 2.56 bits per heavy atom. The fourth-order valence-electron chi connectivity index (χ4n) is 3.39. The van der Waals surface area contributed by atoms with E-state index in [1.165, 1.54) is 0 Å². The maximum absolute atomic E-state index is 12.6. The molecule has 4 rings (SSSR count). The SMILES string of the molecule is CCOC(=O)c1c(Nc2ccc(NC(=O)OC(C)(C)C)cc2)oc(C=C2C=Nc3ncccc32)c1O. The predicted molar refractivity (Wildman–Crippen MR) is 136 cm³/mol. The molecule has 0 unspecified atom stereocenters. The molecule has 1 amide bonds. The molecule has 1 aliphatic rings. The summed E-state index contributed by atoms with van der Waals surface area (Å²) in [6.45, 7) is 7.12. The highest BCUT2D eigenvalue weighted by Crippen LogP contribution is 2.39. The molecule has 0 atom stereocenters. The molecule has 0 aliphatic carbocycles. The molecule has 2 aromatic heterocycles. The van der Waals surface area contributed by atoms with Crippen LogP contribution < -0.4 is 10.6 Å². The second-order valence-corrected chi connectivity index (χ2v) is 8.80. The van der Waals surface area contributed by atoms with E-state index in [1.807, 2.05) is 6.07 Å². The van der Waals surface area contributed by atoms with Crippen LogP contribution in [0.4, 0.5) is 27.9 Å². The van der Waals surface area contributed by atoms with E-state index < -0.39 is 17.7 Å². The number of ether oxygens (including phenoxy) is 2. The molecule has 0 spiro atoms. The van der Waals surface area contributed by atoms with Crippen molar-refractivity contribution in [2.75, 3.05) is 17.2 Å². The Balaban J connectivity index is 1.60. The molecule has 3 N–H and O–H groups in total. The van der Waals surface area contributed by atoms with Gasteiger partial charge in [-0.1, -0.05) is 0 Å². The van der Waals surface area contributed by atoms with Crippen LogP contribution in [0.3, 0.4) is 0 Å². The van der Waals surface area contributed by atoms with E-state index in [2.05, 4.69) is 20.6 Å². The van der Waals surface area contributed by atoms with Crippen molar-refractivity contribution in [1.29, 1.82) is 0 Å². The number of benzene rings is 1. The van der Waals surface area contributed by atoms with Gasteiger partial charge in [0.15, 0.2) is 22.9 Å². The van der Waals surface area contributed by atoms with Crippen molar-refractivity contribution in [1.82, 2.24) is 4.98 Å². The number of carbonyl (C=O) groups is 2. The van der Waals surface area contributed by atoms with Gasteiger partial charge in [0.1, 0.15) is 5.60 Å². The number of anilines is 3. The van der Waals surface area contributed by atoms with Crippen LogP contribution in [0.25, 0.3) is 11.6 Å². The Hall–Kier alpha value is -4.60. The number of amides is 1. The second-order valence-electron chi connectivity index (χ2n) is 8.80. The third kappa shape index (κ3) is 5.54. The van der Waals surface area contributed by atoms with E-state index in [9.17, 15) is 14.7 Å². The van der Waals surface area contributed by atoms with Crippen molar-refractivity contribution in [3.8, 4) is 5.75 Å². The van der Waals surface area contributed by atoms with Gasteiger partial charge in [-0.15, -0.1) is 0 Å². The molecule has 3 heterocycles.